The largest absolute Gasteiger partial charge is 0.480 e. The van der Waals surface area contributed by atoms with Crippen LogP contribution < -0.4 is 5.32 Å². The quantitative estimate of drug-likeness (QED) is 0.683. The normalized spacial score (nSPS) is 14.0. The van der Waals surface area contributed by atoms with Crippen LogP contribution in [0.2, 0.25) is 0 Å². The first-order valence-electron chi connectivity index (χ1n) is 6.73. The number of thioether (sulfide) groups is 1. The van der Waals surface area contributed by atoms with E-state index in [0.29, 0.717) is 6.42 Å². The van der Waals surface area contributed by atoms with Gasteiger partial charge in [0.05, 0.1) is 0 Å². The summed E-state index contributed by atoms with van der Waals surface area (Å²) in [4.78, 5) is 11.7. The molecule has 0 aliphatic rings. The second-order valence-electron chi connectivity index (χ2n) is 4.54. The molecule has 4 heteroatoms. The minimum Gasteiger partial charge on any atom is -0.480 e. The van der Waals surface area contributed by atoms with E-state index in [4.69, 9.17) is 0 Å². The molecule has 1 aromatic carbocycles. The second-order valence-corrected chi connectivity index (χ2v) is 5.77. The molecule has 3 nitrogen and oxygen atoms in total. The van der Waals surface area contributed by atoms with Gasteiger partial charge in [0.25, 0.3) is 0 Å². The number of hydrogen-bond donors (Lipinski definition) is 2. The van der Waals surface area contributed by atoms with Crippen LogP contribution in [0, 0.1) is 0 Å². The topological polar surface area (TPSA) is 49.3 Å². The van der Waals surface area contributed by atoms with Crippen molar-refractivity contribution in [2.24, 2.45) is 0 Å². The van der Waals surface area contributed by atoms with Crippen LogP contribution in [0.3, 0.4) is 0 Å². The van der Waals surface area contributed by atoms with Crippen LogP contribution in [0.15, 0.2) is 30.3 Å². The molecule has 1 aromatic rings. The van der Waals surface area contributed by atoms with Crippen LogP contribution >= 0.6 is 11.8 Å². The van der Waals surface area contributed by atoms with Gasteiger partial charge in [0.1, 0.15) is 5.54 Å². The number of carboxylic acid groups (broad SMARTS) is 1. The van der Waals surface area contributed by atoms with Crippen molar-refractivity contribution < 1.29 is 9.90 Å². The highest BCUT2D eigenvalue weighted by molar-refractivity contribution is 7.99. The van der Waals surface area contributed by atoms with Crippen molar-refractivity contribution in [1.29, 1.82) is 0 Å². The Morgan fingerprint density at radius 1 is 1.32 bits per heavy atom. The van der Waals surface area contributed by atoms with Gasteiger partial charge in [0.15, 0.2) is 0 Å². The van der Waals surface area contributed by atoms with Crippen LogP contribution in [0.1, 0.15) is 31.7 Å². The Labute approximate surface area is 119 Å². The van der Waals surface area contributed by atoms with Crippen molar-refractivity contribution in [2.45, 2.75) is 31.7 Å². The maximum Gasteiger partial charge on any atom is 0.328 e. The van der Waals surface area contributed by atoms with Crippen molar-refractivity contribution in [1.82, 2.24) is 5.32 Å². The van der Waals surface area contributed by atoms with Gasteiger partial charge in [-0.3, -0.25) is 0 Å². The SMILES string of the molecule is CCCCSCCC(NC)(C(=O)O)c1ccccc1. The Balaban J connectivity index is 2.74. The number of likely N-dealkylation sites (N-methyl/N-ethyl adjacent to an activating group) is 1. The lowest BCUT2D eigenvalue weighted by Gasteiger charge is -2.29. The average molecular weight is 281 g/mol. The van der Waals surface area contributed by atoms with Crippen molar-refractivity contribution in [3.05, 3.63) is 35.9 Å². The number of hydrogen-bond acceptors (Lipinski definition) is 3. The Kier molecular flexibility index (Phi) is 6.95. The average Bonchev–Trinajstić information content (AvgIpc) is 2.44. The molecule has 0 heterocycles. The van der Waals surface area contributed by atoms with E-state index in [1.807, 2.05) is 42.1 Å². The van der Waals surface area contributed by atoms with E-state index in [9.17, 15) is 9.90 Å². The van der Waals surface area contributed by atoms with E-state index in [0.717, 1.165) is 17.1 Å². The molecule has 1 rings (SSSR count). The highest BCUT2D eigenvalue weighted by atomic mass is 32.2. The highest BCUT2D eigenvalue weighted by Crippen LogP contribution is 2.27. The molecule has 0 fully saturated rings. The first kappa shape index (κ1) is 16.1. The van der Waals surface area contributed by atoms with E-state index in [1.54, 1.807) is 7.05 Å². The summed E-state index contributed by atoms with van der Waals surface area (Å²) in [5.74, 6) is 1.14. The molecule has 0 aliphatic heterocycles. The van der Waals surface area contributed by atoms with Gasteiger partial charge in [-0.15, -0.1) is 0 Å². The summed E-state index contributed by atoms with van der Waals surface area (Å²) in [5.41, 5.74) is -0.151. The Morgan fingerprint density at radius 2 is 2.00 bits per heavy atom. The zero-order valence-electron chi connectivity index (χ0n) is 11.7. The minimum absolute atomic E-state index is 0.594. The van der Waals surface area contributed by atoms with E-state index >= 15 is 0 Å². The molecule has 106 valence electrons. The first-order chi connectivity index (χ1) is 9.17. The molecule has 0 saturated heterocycles. The molecule has 0 radical (unpaired) electrons. The number of rotatable bonds is 9. The van der Waals surface area contributed by atoms with Gasteiger partial charge in [-0.05, 0) is 37.0 Å². The number of nitrogens with one attached hydrogen (secondary N) is 1. The van der Waals surface area contributed by atoms with E-state index in [2.05, 4.69) is 12.2 Å². The molecular weight excluding hydrogens is 258 g/mol. The van der Waals surface area contributed by atoms with Crippen LogP contribution in [0.5, 0.6) is 0 Å². The summed E-state index contributed by atoms with van der Waals surface area (Å²) in [6.07, 6.45) is 2.97. The molecule has 0 aromatic heterocycles. The summed E-state index contributed by atoms with van der Waals surface area (Å²) in [6.45, 7) is 2.17. The van der Waals surface area contributed by atoms with Gasteiger partial charge in [-0.1, -0.05) is 43.7 Å². The third kappa shape index (κ3) is 4.25. The van der Waals surface area contributed by atoms with Crippen LogP contribution in [-0.4, -0.2) is 29.6 Å². The smallest absolute Gasteiger partial charge is 0.328 e. The van der Waals surface area contributed by atoms with Crippen molar-refractivity contribution in [2.75, 3.05) is 18.6 Å². The van der Waals surface area contributed by atoms with Gasteiger partial charge < -0.3 is 10.4 Å². The second kappa shape index (κ2) is 8.23. The molecule has 0 saturated carbocycles. The van der Waals surface area contributed by atoms with Crippen LogP contribution in [-0.2, 0) is 10.3 Å². The molecule has 0 bridgehead atoms. The van der Waals surface area contributed by atoms with Gasteiger partial charge in [-0.25, -0.2) is 4.79 Å². The van der Waals surface area contributed by atoms with Gasteiger partial charge >= 0.3 is 5.97 Å². The lowest BCUT2D eigenvalue weighted by molar-refractivity contribution is -0.145. The third-order valence-corrected chi connectivity index (χ3v) is 4.39. The molecule has 0 spiro atoms. The predicted octanol–water partition coefficient (Wildman–Crippen LogP) is 3.11. The third-order valence-electron chi connectivity index (χ3n) is 3.32. The van der Waals surface area contributed by atoms with Gasteiger partial charge in [0, 0.05) is 0 Å². The van der Waals surface area contributed by atoms with Crippen molar-refractivity contribution >= 4 is 17.7 Å². The molecular formula is C15H23NO2S. The Morgan fingerprint density at radius 3 is 2.53 bits per heavy atom. The van der Waals surface area contributed by atoms with Crippen LogP contribution in [0.4, 0.5) is 0 Å². The van der Waals surface area contributed by atoms with E-state index in [-0.39, 0.29) is 0 Å². The number of benzene rings is 1. The molecule has 19 heavy (non-hydrogen) atoms. The van der Waals surface area contributed by atoms with Crippen LogP contribution in [0.25, 0.3) is 0 Å². The Bertz CT molecular complexity index is 383. The minimum atomic E-state index is -0.972. The van der Waals surface area contributed by atoms with Gasteiger partial charge in [-0.2, -0.15) is 11.8 Å². The molecule has 0 aliphatic carbocycles. The number of unbranched alkanes of at least 4 members (excludes halogenated alkanes) is 1. The van der Waals surface area contributed by atoms with Crippen molar-refractivity contribution in [3.8, 4) is 0 Å². The molecule has 0 amide bonds. The maximum atomic E-state index is 11.7. The number of carboxylic acids is 1. The monoisotopic (exact) mass is 281 g/mol. The zero-order chi connectivity index (χ0) is 14.1. The summed E-state index contributed by atoms with van der Waals surface area (Å²) >= 11 is 1.83. The standard InChI is InChI=1S/C15H23NO2S/c1-3-4-11-19-12-10-15(16-2,14(17)18)13-8-6-5-7-9-13/h5-9,16H,3-4,10-12H2,1-2H3,(H,17,18). The summed E-state index contributed by atoms with van der Waals surface area (Å²) in [6, 6.07) is 9.42. The fourth-order valence-electron chi connectivity index (χ4n) is 2.05. The maximum absolute atomic E-state index is 11.7. The summed E-state index contributed by atoms with van der Waals surface area (Å²) < 4.78 is 0. The fourth-order valence-corrected chi connectivity index (χ4v) is 3.19. The fraction of sp³-hybridized carbons (Fsp3) is 0.533. The van der Waals surface area contributed by atoms with Crippen molar-refractivity contribution in [3.63, 3.8) is 0 Å². The number of carbonyl (C=O) groups is 1. The van der Waals surface area contributed by atoms with Gasteiger partial charge in [0.2, 0.25) is 0 Å². The highest BCUT2D eigenvalue weighted by Gasteiger charge is 2.38. The predicted molar refractivity (Wildman–Crippen MR) is 81.7 cm³/mol. The molecule has 2 N–H and O–H groups in total. The first-order valence-corrected chi connectivity index (χ1v) is 7.88. The summed E-state index contributed by atoms with van der Waals surface area (Å²) in [7, 11) is 1.72. The van der Waals surface area contributed by atoms with E-state index in [1.165, 1.54) is 12.8 Å². The zero-order valence-corrected chi connectivity index (χ0v) is 12.5. The van der Waals surface area contributed by atoms with E-state index < -0.39 is 11.5 Å². The lowest BCUT2D eigenvalue weighted by Crippen LogP contribution is -2.47. The summed E-state index contributed by atoms with van der Waals surface area (Å²) in [5, 5.41) is 12.6. The molecule has 1 atom stereocenters. The molecule has 1 unspecified atom stereocenters. The lowest BCUT2D eigenvalue weighted by atomic mass is 9.87. The number of aliphatic carboxylic acids is 1. The Hall–Kier alpha value is -1.00.